The Morgan fingerprint density at radius 3 is 2.63 bits per heavy atom. The molecule has 1 aromatic carbocycles. The summed E-state index contributed by atoms with van der Waals surface area (Å²) in [6.07, 6.45) is 0.0849. The molecule has 0 N–H and O–H groups in total. The molecule has 0 aliphatic heterocycles. The third-order valence-corrected chi connectivity index (χ3v) is 2.79. The topological polar surface area (TPSA) is 35.5 Å². The number of carbonyl (C=O) groups is 1. The SMILES string of the molecule is CCCC(Oc1cc(Br)cc(F)c1F)C(=O)OCC. The van der Waals surface area contributed by atoms with Crippen LogP contribution in [0.1, 0.15) is 26.7 Å². The molecule has 0 aliphatic rings. The summed E-state index contributed by atoms with van der Waals surface area (Å²) < 4.78 is 37.2. The van der Waals surface area contributed by atoms with E-state index in [1.54, 1.807) is 6.92 Å². The van der Waals surface area contributed by atoms with E-state index in [1.807, 2.05) is 6.92 Å². The van der Waals surface area contributed by atoms with Crippen LogP contribution in [0.2, 0.25) is 0 Å². The van der Waals surface area contributed by atoms with Crippen LogP contribution < -0.4 is 4.74 Å². The van der Waals surface area contributed by atoms with Gasteiger partial charge < -0.3 is 9.47 Å². The molecule has 0 saturated heterocycles. The molecule has 6 heteroatoms. The van der Waals surface area contributed by atoms with E-state index in [-0.39, 0.29) is 12.4 Å². The Bertz CT molecular complexity index is 452. The van der Waals surface area contributed by atoms with Gasteiger partial charge in [0, 0.05) is 4.47 Å². The van der Waals surface area contributed by atoms with Gasteiger partial charge in [0.2, 0.25) is 5.82 Å². The van der Waals surface area contributed by atoms with E-state index < -0.39 is 23.7 Å². The summed E-state index contributed by atoms with van der Waals surface area (Å²) >= 11 is 3.04. The summed E-state index contributed by atoms with van der Waals surface area (Å²) in [5.74, 6) is -3.04. The lowest BCUT2D eigenvalue weighted by atomic mass is 10.2. The van der Waals surface area contributed by atoms with Gasteiger partial charge in [0.1, 0.15) is 0 Å². The molecule has 0 radical (unpaired) electrons. The molecule has 1 unspecified atom stereocenters. The molecule has 0 amide bonds. The molecule has 0 heterocycles. The van der Waals surface area contributed by atoms with Crippen LogP contribution >= 0.6 is 15.9 Å². The lowest BCUT2D eigenvalue weighted by molar-refractivity contribution is -0.151. The first-order valence-electron chi connectivity index (χ1n) is 5.97. The van der Waals surface area contributed by atoms with Crippen molar-refractivity contribution in [2.24, 2.45) is 0 Å². The lowest BCUT2D eigenvalue weighted by Gasteiger charge is -2.17. The van der Waals surface area contributed by atoms with E-state index in [0.717, 1.165) is 6.07 Å². The van der Waals surface area contributed by atoms with Gasteiger partial charge in [-0.1, -0.05) is 29.3 Å². The fourth-order valence-electron chi connectivity index (χ4n) is 1.49. The molecule has 0 aliphatic carbocycles. The summed E-state index contributed by atoms with van der Waals surface area (Å²) in [7, 11) is 0. The minimum absolute atomic E-state index is 0.206. The second kappa shape index (κ2) is 7.43. The fourth-order valence-corrected chi connectivity index (χ4v) is 1.90. The maximum atomic E-state index is 13.6. The van der Waals surface area contributed by atoms with Gasteiger partial charge in [-0.15, -0.1) is 0 Å². The minimum Gasteiger partial charge on any atom is -0.475 e. The van der Waals surface area contributed by atoms with Crippen LogP contribution in [0, 0.1) is 11.6 Å². The van der Waals surface area contributed by atoms with Crippen molar-refractivity contribution in [2.45, 2.75) is 32.8 Å². The van der Waals surface area contributed by atoms with Gasteiger partial charge >= 0.3 is 5.97 Å². The zero-order valence-electron chi connectivity index (χ0n) is 10.7. The summed E-state index contributed by atoms with van der Waals surface area (Å²) in [6, 6.07) is 2.27. The predicted octanol–water partition coefficient (Wildman–Crippen LogP) is 3.84. The molecule has 0 spiro atoms. The van der Waals surface area contributed by atoms with Gasteiger partial charge in [-0.05, 0) is 25.5 Å². The summed E-state index contributed by atoms with van der Waals surface area (Å²) in [5, 5.41) is 0. The molecular weight excluding hydrogens is 322 g/mol. The number of hydrogen-bond acceptors (Lipinski definition) is 3. The highest BCUT2D eigenvalue weighted by atomic mass is 79.9. The zero-order chi connectivity index (χ0) is 14.4. The van der Waals surface area contributed by atoms with Crippen LogP contribution in [-0.4, -0.2) is 18.7 Å². The molecule has 0 aromatic heterocycles. The molecule has 3 nitrogen and oxygen atoms in total. The van der Waals surface area contributed by atoms with E-state index in [1.165, 1.54) is 6.07 Å². The van der Waals surface area contributed by atoms with E-state index in [4.69, 9.17) is 9.47 Å². The smallest absolute Gasteiger partial charge is 0.347 e. The number of ether oxygens (including phenoxy) is 2. The number of benzene rings is 1. The van der Waals surface area contributed by atoms with Crippen LogP contribution in [0.5, 0.6) is 5.75 Å². The molecule has 0 saturated carbocycles. The molecule has 0 bridgehead atoms. The van der Waals surface area contributed by atoms with Crippen molar-refractivity contribution in [2.75, 3.05) is 6.61 Å². The normalized spacial score (nSPS) is 12.1. The highest BCUT2D eigenvalue weighted by Gasteiger charge is 2.23. The lowest BCUT2D eigenvalue weighted by Crippen LogP contribution is -2.29. The summed E-state index contributed by atoms with van der Waals surface area (Å²) in [4.78, 5) is 11.6. The summed E-state index contributed by atoms with van der Waals surface area (Å²) in [5.41, 5.74) is 0. The van der Waals surface area contributed by atoms with E-state index >= 15 is 0 Å². The average molecular weight is 337 g/mol. The fraction of sp³-hybridized carbons (Fsp3) is 0.462. The number of rotatable bonds is 6. The van der Waals surface area contributed by atoms with Gasteiger partial charge in [0.25, 0.3) is 0 Å². The first-order chi connectivity index (χ1) is 8.99. The molecule has 19 heavy (non-hydrogen) atoms. The van der Waals surface area contributed by atoms with Crippen molar-refractivity contribution in [3.63, 3.8) is 0 Å². The maximum absolute atomic E-state index is 13.6. The van der Waals surface area contributed by atoms with E-state index in [2.05, 4.69) is 15.9 Å². The van der Waals surface area contributed by atoms with Crippen molar-refractivity contribution in [1.82, 2.24) is 0 Å². The largest absolute Gasteiger partial charge is 0.475 e. The van der Waals surface area contributed by atoms with Crippen LogP contribution in [0.3, 0.4) is 0 Å². The first kappa shape index (κ1) is 15.9. The maximum Gasteiger partial charge on any atom is 0.347 e. The van der Waals surface area contributed by atoms with Crippen LogP contribution in [-0.2, 0) is 9.53 Å². The van der Waals surface area contributed by atoms with Crippen molar-refractivity contribution in [1.29, 1.82) is 0 Å². The quantitative estimate of drug-likeness (QED) is 0.584. The highest BCUT2D eigenvalue weighted by Crippen LogP contribution is 2.27. The zero-order valence-corrected chi connectivity index (χ0v) is 12.3. The number of halogens is 3. The molecule has 1 atom stereocenters. The number of hydrogen-bond donors (Lipinski definition) is 0. The van der Waals surface area contributed by atoms with Crippen molar-refractivity contribution in [3.05, 3.63) is 28.2 Å². The predicted molar refractivity (Wildman–Crippen MR) is 70.0 cm³/mol. The Morgan fingerprint density at radius 1 is 1.37 bits per heavy atom. The molecule has 1 aromatic rings. The second-order valence-electron chi connectivity index (χ2n) is 3.85. The Morgan fingerprint density at radius 2 is 2.05 bits per heavy atom. The third kappa shape index (κ3) is 4.45. The average Bonchev–Trinajstić information content (AvgIpc) is 2.35. The molecule has 1 rings (SSSR count). The van der Waals surface area contributed by atoms with E-state index in [0.29, 0.717) is 17.3 Å². The van der Waals surface area contributed by atoms with E-state index in [9.17, 15) is 13.6 Å². The Kier molecular flexibility index (Phi) is 6.21. The van der Waals surface area contributed by atoms with Gasteiger partial charge in [-0.2, -0.15) is 4.39 Å². The third-order valence-electron chi connectivity index (χ3n) is 2.33. The Balaban J connectivity index is 2.93. The van der Waals surface area contributed by atoms with Crippen molar-refractivity contribution < 1.29 is 23.0 Å². The second-order valence-corrected chi connectivity index (χ2v) is 4.76. The van der Waals surface area contributed by atoms with Crippen LogP contribution in [0.4, 0.5) is 8.78 Å². The molecular formula is C13H15BrF2O3. The van der Waals surface area contributed by atoms with Gasteiger partial charge in [0.05, 0.1) is 6.61 Å². The van der Waals surface area contributed by atoms with Gasteiger partial charge in [-0.3, -0.25) is 0 Å². The van der Waals surface area contributed by atoms with Crippen LogP contribution in [0.15, 0.2) is 16.6 Å². The Hall–Kier alpha value is -1.17. The van der Waals surface area contributed by atoms with Gasteiger partial charge in [-0.25, -0.2) is 9.18 Å². The molecule has 106 valence electrons. The highest BCUT2D eigenvalue weighted by molar-refractivity contribution is 9.10. The Labute approximate surface area is 119 Å². The van der Waals surface area contributed by atoms with Crippen molar-refractivity contribution in [3.8, 4) is 5.75 Å². The summed E-state index contributed by atoms with van der Waals surface area (Å²) in [6.45, 7) is 3.73. The standard InChI is InChI=1S/C13H15BrF2O3/c1-3-5-10(13(17)18-4-2)19-11-7-8(14)6-9(15)12(11)16/h6-7,10H,3-5H2,1-2H3. The first-order valence-corrected chi connectivity index (χ1v) is 6.76. The van der Waals surface area contributed by atoms with Crippen molar-refractivity contribution >= 4 is 21.9 Å². The minimum atomic E-state index is -1.12. The monoisotopic (exact) mass is 336 g/mol. The molecule has 0 fully saturated rings. The number of esters is 1. The van der Waals surface area contributed by atoms with Gasteiger partial charge in [0.15, 0.2) is 17.7 Å². The number of carbonyl (C=O) groups excluding carboxylic acids is 1. The van der Waals surface area contributed by atoms with Crippen LogP contribution in [0.25, 0.3) is 0 Å².